The number of nitrogens with one attached hydrogen (secondary N) is 1. The molecular weight excluding hydrogens is 360 g/mol. The Bertz CT molecular complexity index is 652. The number of nitrogens with zero attached hydrogens (tertiary/aromatic N) is 4. The van der Waals surface area contributed by atoms with E-state index in [9.17, 15) is 0 Å². The fraction of sp³-hybridized carbons (Fsp3) is 0.696. The minimum absolute atomic E-state index is 0.00951. The lowest BCUT2D eigenvalue weighted by Gasteiger charge is -2.38. The lowest BCUT2D eigenvalue weighted by Crippen LogP contribution is -2.48. The monoisotopic (exact) mass is 400 g/mol. The second kappa shape index (κ2) is 9.81. The topological polar surface area (TPSA) is 60.1 Å². The normalized spacial score (nSPS) is 19.6. The average Bonchev–Trinajstić information content (AvgIpc) is 3.26. The van der Waals surface area contributed by atoms with E-state index >= 15 is 0 Å². The van der Waals surface area contributed by atoms with Crippen molar-refractivity contribution < 1.29 is 0 Å². The van der Waals surface area contributed by atoms with E-state index < -0.39 is 0 Å². The molecule has 29 heavy (non-hydrogen) atoms. The molecule has 1 aromatic carbocycles. The summed E-state index contributed by atoms with van der Waals surface area (Å²) in [5.74, 6) is 0.990. The van der Waals surface area contributed by atoms with Gasteiger partial charge in [0.1, 0.15) is 0 Å². The summed E-state index contributed by atoms with van der Waals surface area (Å²) in [6.45, 7) is 10.4. The van der Waals surface area contributed by atoms with Gasteiger partial charge in [-0.25, -0.2) is 0 Å². The molecule has 0 unspecified atom stereocenters. The smallest absolute Gasteiger partial charge is 0.198 e. The Kier molecular flexibility index (Phi) is 7.41. The molecule has 2 saturated heterocycles. The SMILES string of the molecule is CN(C)c1ccc(NC(=NCC(C)(C)CN)N2CCC(N3CCCC3)CC2)cc1. The van der Waals surface area contributed by atoms with Crippen LogP contribution in [0.25, 0.3) is 0 Å². The zero-order valence-electron chi connectivity index (χ0n) is 18.8. The number of rotatable bonds is 6. The summed E-state index contributed by atoms with van der Waals surface area (Å²) < 4.78 is 0. The highest BCUT2D eigenvalue weighted by atomic mass is 15.3. The summed E-state index contributed by atoms with van der Waals surface area (Å²) in [7, 11) is 4.13. The van der Waals surface area contributed by atoms with Crippen molar-refractivity contribution in [1.29, 1.82) is 0 Å². The molecule has 0 aliphatic carbocycles. The lowest BCUT2D eigenvalue weighted by atomic mass is 9.94. The maximum absolute atomic E-state index is 5.94. The molecule has 2 heterocycles. The predicted octanol–water partition coefficient (Wildman–Crippen LogP) is 3.07. The van der Waals surface area contributed by atoms with Gasteiger partial charge in [0.05, 0.1) is 0 Å². The second-order valence-electron chi connectivity index (χ2n) is 9.54. The lowest BCUT2D eigenvalue weighted by molar-refractivity contribution is 0.163. The molecule has 0 spiro atoms. The summed E-state index contributed by atoms with van der Waals surface area (Å²) in [6, 6.07) is 9.30. The molecule has 6 heteroatoms. The van der Waals surface area contributed by atoms with Gasteiger partial charge in [0, 0.05) is 51.1 Å². The van der Waals surface area contributed by atoms with Gasteiger partial charge in [-0.05, 0) is 75.0 Å². The van der Waals surface area contributed by atoms with Gasteiger partial charge in [0.2, 0.25) is 0 Å². The Morgan fingerprint density at radius 3 is 2.28 bits per heavy atom. The Hall–Kier alpha value is -1.79. The number of piperidine rings is 1. The second-order valence-corrected chi connectivity index (χ2v) is 9.54. The Balaban J connectivity index is 1.68. The van der Waals surface area contributed by atoms with Gasteiger partial charge in [-0.1, -0.05) is 13.8 Å². The number of aliphatic imine (C=N–C) groups is 1. The number of benzene rings is 1. The fourth-order valence-corrected chi connectivity index (χ4v) is 4.09. The van der Waals surface area contributed by atoms with Gasteiger partial charge in [0.15, 0.2) is 5.96 Å². The van der Waals surface area contributed by atoms with Crippen LogP contribution in [-0.4, -0.2) is 75.2 Å². The molecule has 6 nitrogen and oxygen atoms in total. The van der Waals surface area contributed by atoms with Crippen LogP contribution in [0.5, 0.6) is 0 Å². The first-order valence-corrected chi connectivity index (χ1v) is 11.2. The van der Waals surface area contributed by atoms with Crippen molar-refractivity contribution in [1.82, 2.24) is 9.80 Å². The predicted molar refractivity (Wildman–Crippen MR) is 125 cm³/mol. The van der Waals surface area contributed by atoms with Crippen LogP contribution >= 0.6 is 0 Å². The maximum Gasteiger partial charge on any atom is 0.198 e. The van der Waals surface area contributed by atoms with Crippen molar-refractivity contribution in [2.45, 2.75) is 45.6 Å². The third-order valence-corrected chi connectivity index (χ3v) is 6.27. The number of likely N-dealkylation sites (tertiary alicyclic amines) is 2. The number of hydrogen-bond donors (Lipinski definition) is 2. The van der Waals surface area contributed by atoms with E-state index in [1.54, 1.807) is 0 Å². The van der Waals surface area contributed by atoms with E-state index in [0.29, 0.717) is 6.54 Å². The van der Waals surface area contributed by atoms with Crippen molar-refractivity contribution in [3.63, 3.8) is 0 Å². The summed E-state index contributed by atoms with van der Waals surface area (Å²) in [5.41, 5.74) is 8.24. The molecule has 2 aliphatic heterocycles. The minimum atomic E-state index is 0.00951. The molecule has 0 saturated carbocycles. The molecule has 2 fully saturated rings. The highest BCUT2D eigenvalue weighted by Gasteiger charge is 2.28. The van der Waals surface area contributed by atoms with Crippen molar-refractivity contribution in [2.24, 2.45) is 16.1 Å². The van der Waals surface area contributed by atoms with E-state index in [0.717, 1.165) is 37.3 Å². The van der Waals surface area contributed by atoms with Crippen LogP contribution in [0, 0.1) is 5.41 Å². The molecule has 2 aliphatic rings. The van der Waals surface area contributed by atoms with Gasteiger partial charge in [-0.15, -0.1) is 0 Å². The van der Waals surface area contributed by atoms with E-state index in [1.165, 1.54) is 44.5 Å². The van der Waals surface area contributed by atoms with Crippen LogP contribution in [0.3, 0.4) is 0 Å². The molecule has 0 atom stereocenters. The molecule has 0 amide bonds. The van der Waals surface area contributed by atoms with Crippen molar-refractivity contribution in [3.05, 3.63) is 24.3 Å². The molecular formula is C23H40N6. The summed E-state index contributed by atoms with van der Waals surface area (Å²) in [4.78, 5) is 12.2. The van der Waals surface area contributed by atoms with Crippen LogP contribution < -0.4 is 16.0 Å². The number of hydrogen-bond acceptors (Lipinski definition) is 4. The Morgan fingerprint density at radius 1 is 1.10 bits per heavy atom. The van der Waals surface area contributed by atoms with Crippen LogP contribution in [-0.2, 0) is 0 Å². The average molecular weight is 401 g/mol. The molecule has 1 aromatic rings. The largest absolute Gasteiger partial charge is 0.378 e. The first-order valence-electron chi connectivity index (χ1n) is 11.2. The van der Waals surface area contributed by atoms with E-state index in [2.05, 4.69) is 72.2 Å². The van der Waals surface area contributed by atoms with Crippen molar-refractivity contribution >= 4 is 17.3 Å². The first-order chi connectivity index (χ1) is 13.9. The summed E-state index contributed by atoms with van der Waals surface area (Å²) >= 11 is 0. The third-order valence-electron chi connectivity index (χ3n) is 6.27. The van der Waals surface area contributed by atoms with E-state index in [-0.39, 0.29) is 5.41 Å². The Morgan fingerprint density at radius 2 is 1.72 bits per heavy atom. The zero-order valence-corrected chi connectivity index (χ0v) is 18.8. The van der Waals surface area contributed by atoms with Crippen LogP contribution in [0.1, 0.15) is 39.5 Å². The minimum Gasteiger partial charge on any atom is -0.378 e. The highest BCUT2D eigenvalue weighted by molar-refractivity contribution is 5.94. The van der Waals surface area contributed by atoms with Gasteiger partial charge in [-0.3, -0.25) is 4.99 Å². The van der Waals surface area contributed by atoms with Crippen LogP contribution in [0.15, 0.2) is 29.3 Å². The summed E-state index contributed by atoms with van der Waals surface area (Å²) in [6.07, 6.45) is 5.18. The standard InChI is InChI=1S/C23H40N6/c1-23(2,17-24)18-25-22(26-19-7-9-20(10-8-19)27(3)4)29-15-11-21(12-16-29)28-13-5-6-14-28/h7-10,21H,5-6,11-18,24H2,1-4H3,(H,25,26). The Labute approximate surface area is 177 Å². The third kappa shape index (κ3) is 6.09. The number of anilines is 2. The van der Waals surface area contributed by atoms with E-state index in [1.807, 2.05) is 0 Å². The van der Waals surface area contributed by atoms with E-state index in [4.69, 9.17) is 10.7 Å². The first kappa shape index (κ1) is 21.9. The maximum atomic E-state index is 5.94. The highest BCUT2D eigenvalue weighted by Crippen LogP contribution is 2.23. The molecule has 0 radical (unpaired) electrons. The summed E-state index contributed by atoms with van der Waals surface area (Å²) in [5, 5.41) is 3.60. The van der Waals surface area contributed by atoms with Gasteiger partial charge in [-0.2, -0.15) is 0 Å². The van der Waals surface area contributed by atoms with Crippen molar-refractivity contribution in [3.8, 4) is 0 Å². The molecule has 0 bridgehead atoms. The van der Waals surface area contributed by atoms with Gasteiger partial charge in [0.25, 0.3) is 0 Å². The molecule has 162 valence electrons. The number of nitrogens with two attached hydrogens (primary N) is 1. The molecule has 3 rings (SSSR count). The van der Waals surface area contributed by atoms with Gasteiger partial charge < -0.3 is 25.8 Å². The van der Waals surface area contributed by atoms with Crippen LogP contribution in [0.2, 0.25) is 0 Å². The van der Waals surface area contributed by atoms with Gasteiger partial charge >= 0.3 is 0 Å². The zero-order chi connectivity index (χ0) is 20.9. The molecule has 0 aromatic heterocycles. The van der Waals surface area contributed by atoms with Crippen molar-refractivity contribution in [2.75, 3.05) is 63.6 Å². The fourth-order valence-electron chi connectivity index (χ4n) is 4.09. The molecule has 3 N–H and O–H groups in total. The number of guanidine groups is 1. The van der Waals surface area contributed by atoms with Crippen LogP contribution in [0.4, 0.5) is 11.4 Å². The quantitative estimate of drug-likeness (QED) is 0.568.